The molecule has 2 heterocycles. The first-order valence-corrected chi connectivity index (χ1v) is 8.68. The van der Waals surface area contributed by atoms with Crippen molar-refractivity contribution in [1.82, 2.24) is 10.2 Å². The quantitative estimate of drug-likeness (QED) is 0.882. The Labute approximate surface area is 143 Å². The third-order valence-electron chi connectivity index (χ3n) is 5.29. The summed E-state index contributed by atoms with van der Waals surface area (Å²) in [5.74, 6) is 0.0114. The summed E-state index contributed by atoms with van der Waals surface area (Å²) in [6.45, 7) is 2.86. The van der Waals surface area contributed by atoms with E-state index in [0.717, 1.165) is 13.0 Å². The number of amides is 3. The number of piperidine rings is 1. The van der Waals surface area contributed by atoms with E-state index in [1.807, 2.05) is 0 Å². The zero-order valence-electron chi connectivity index (χ0n) is 14.2. The van der Waals surface area contributed by atoms with Crippen LogP contribution in [0.3, 0.4) is 0 Å². The molecule has 1 saturated heterocycles. The highest BCUT2D eigenvalue weighted by molar-refractivity contribution is 5.78. The molecule has 1 aromatic rings. The maximum Gasteiger partial charge on any atom is 0.317 e. The first-order valence-electron chi connectivity index (χ1n) is 8.68. The lowest BCUT2D eigenvalue weighted by atomic mass is 9.90. The van der Waals surface area contributed by atoms with E-state index in [0.29, 0.717) is 38.4 Å². The molecule has 6 nitrogen and oxygen atoms in total. The van der Waals surface area contributed by atoms with Crippen molar-refractivity contribution in [3.63, 3.8) is 0 Å². The molecule has 3 amide bonds. The fourth-order valence-electron chi connectivity index (χ4n) is 3.71. The molecule has 0 aromatic heterocycles. The highest BCUT2D eigenvalue weighted by Gasteiger charge is 2.27. The predicted octanol–water partition coefficient (Wildman–Crippen LogP) is 1.52. The fourth-order valence-corrected chi connectivity index (χ4v) is 3.71. The number of rotatable bonds is 3. The Kier molecular flexibility index (Phi) is 4.92. The van der Waals surface area contributed by atoms with Crippen LogP contribution in [-0.2, 0) is 4.79 Å². The average molecular weight is 330 g/mol. The summed E-state index contributed by atoms with van der Waals surface area (Å²) in [6, 6.07) is 8.37. The predicted molar refractivity (Wildman–Crippen MR) is 94.0 cm³/mol. The monoisotopic (exact) mass is 330 g/mol. The summed E-state index contributed by atoms with van der Waals surface area (Å²) >= 11 is 0. The van der Waals surface area contributed by atoms with Crippen LogP contribution in [0.25, 0.3) is 0 Å². The van der Waals surface area contributed by atoms with Crippen LogP contribution in [0.4, 0.5) is 10.5 Å². The largest absolute Gasteiger partial charge is 0.374 e. The Morgan fingerprint density at radius 3 is 2.58 bits per heavy atom. The van der Waals surface area contributed by atoms with Gasteiger partial charge in [-0.1, -0.05) is 18.2 Å². The Bertz CT molecular complexity index is 611. The van der Waals surface area contributed by atoms with Gasteiger partial charge in [0.1, 0.15) is 0 Å². The minimum absolute atomic E-state index is 0.0330. The van der Waals surface area contributed by atoms with Crippen molar-refractivity contribution in [2.24, 2.45) is 11.7 Å². The number of para-hydroxylation sites is 1. The molecule has 3 N–H and O–H groups in total. The van der Waals surface area contributed by atoms with Gasteiger partial charge in [0.05, 0.1) is 0 Å². The molecule has 130 valence electrons. The maximum atomic E-state index is 12.4. The Balaban J connectivity index is 1.54. The smallest absolute Gasteiger partial charge is 0.317 e. The number of hydrogen-bond donors (Lipinski definition) is 2. The van der Waals surface area contributed by atoms with Gasteiger partial charge >= 0.3 is 6.03 Å². The van der Waals surface area contributed by atoms with Gasteiger partial charge in [0.25, 0.3) is 0 Å². The molecule has 2 aliphatic rings. The Morgan fingerprint density at radius 1 is 1.17 bits per heavy atom. The molecule has 24 heavy (non-hydrogen) atoms. The molecular weight excluding hydrogens is 304 g/mol. The molecule has 1 atom stereocenters. The van der Waals surface area contributed by atoms with Crippen molar-refractivity contribution >= 4 is 17.6 Å². The van der Waals surface area contributed by atoms with Crippen LogP contribution in [0.1, 0.15) is 30.7 Å². The van der Waals surface area contributed by atoms with Gasteiger partial charge in [-0.2, -0.15) is 0 Å². The van der Waals surface area contributed by atoms with E-state index >= 15 is 0 Å². The second-order valence-electron chi connectivity index (χ2n) is 6.82. The standard InChI is InChI=1S/C18H26N4O2/c1-21-9-6-14(15-4-2-3-5-16(15)21)12-20-18(24)22-10-7-13(8-11-22)17(19)23/h2-5,13-14H,6-12H2,1H3,(H2,19,23)(H,20,24). The molecule has 3 rings (SSSR count). The van der Waals surface area contributed by atoms with Crippen molar-refractivity contribution in [1.29, 1.82) is 0 Å². The summed E-state index contributed by atoms with van der Waals surface area (Å²) in [5.41, 5.74) is 7.90. The van der Waals surface area contributed by atoms with Gasteiger partial charge < -0.3 is 20.9 Å². The number of carbonyl (C=O) groups is 2. The minimum Gasteiger partial charge on any atom is -0.374 e. The number of anilines is 1. The number of primary amides is 1. The van der Waals surface area contributed by atoms with Crippen LogP contribution in [0.2, 0.25) is 0 Å². The van der Waals surface area contributed by atoms with Gasteiger partial charge in [0, 0.05) is 50.7 Å². The number of benzene rings is 1. The van der Waals surface area contributed by atoms with E-state index in [4.69, 9.17) is 5.73 Å². The summed E-state index contributed by atoms with van der Waals surface area (Å²) in [7, 11) is 2.11. The average Bonchev–Trinajstić information content (AvgIpc) is 2.61. The van der Waals surface area contributed by atoms with Crippen molar-refractivity contribution in [3.05, 3.63) is 29.8 Å². The topological polar surface area (TPSA) is 78.7 Å². The van der Waals surface area contributed by atoms with E-state index in [1.54, 1.807) is 4.90 Å². The number of hydrogen-bond acceptors (Lipinski definition) is 3. The van der Waals surface area contributed by atoms with E-state index < -0.39 is 0 Å². The van der Waals surface area contributed by atoms with Crippen LogP contribution in [0.15, 0.2) is 24.3 Å². The number of nitrogens with one attached hydrogen (secondary N) is 1. The molecule has 1 aromatic carbocycles. The van der Waals surface area contributed by atoms with Crippen molar-refractivity contribution < 1.29 is 9.59 Å². The second-order valence-corrected chi connectivity index (χ2v) is 6.82. The summed E-state index contributed by atoms with van der Waals surface area (Å²) < 4.78 is 0. The van der Waals surface area contributed by atoms with E-state index in [-0.39, 0.29) is 17.9 Å². The van der Waals surface area contributed by atoms with Crippen LogP contribution in [0, 0.1) is 5.92 Å². The van der Waals surface area contributed by atoms with Gasteiger partial charge in [-0.3, -0.25) is 4.79 Å². The van der Waals surface area contributed by atoms with Gasteiger partial charge in [0.15, 0.2) is 0 Å². The fraction of sp³-hybridized carbons (Fsp3) is 0.556. The number of carbonyl (C=O) groups excluding carboxylic acids is 2. The van der Waals surface area contributed by atoms with Crippen LogP contribution >= 0.6 is 0 Å². The lowest BCUT2D eigenvalue weighted by Gasteiger charge is -2.34. The molecule has 0 saturated carbocycles. The highest BCUT2D eigenvalue weighted by Crippen LogP contribution is 2.33. The van der Waals surface area contributed by atoms with Crippen molar-refractivity contribution in [2.45, 2.75) is 25.2 Å². The zero-order valence-corrected chi connectivity index (χ0v) is 14.2. The maximum absolute atomic E-state index is 12.4. The normalized spacial score (nSPS) is 21.3. The third kappa shape index (κ3) is 3.47. The minimum atomic E-state index is -0.252. The van der Waals surface area contributed by atoms with Gasteiger partial charge in [-0.25, -0.2) is 4.79 Å². The second kappa shape index (κ2) is 7.11. The van der Waals surface area contributed by atoms with Crippen LogP contribution < -0.4 is 16.0 Å². The first-order chi connectivity index (χ1) is 11.6. The first kappa shape index (κ1) is 16.6. The number of fused-ring (bicyclic) bond motifs is 1. The molecule has 0 radical (unpaired) electrons. The summed E-state index contributed by atoms with van der Waals surface area (Å²) in [6.07, 6.45) is 2.37. The van der Waals surface area contributed by atoms with E-state index in [2.05, 4.69) is 41.5 Å². The molecule has 0 aliphatic carbocycles. The van der Waals surface area contributed by atoms with E-state index in [1.165, 1.54) is 11.3 Å². The number of nitrogens with zero attached hydrogens (tertiary/aromatic N) is 2. The van der Waals surface area contributed by atoms with Crippen molar-refractivity contribution in [2.75, 3.05) is 38.1 Å². The molecule has 0 spiro atoms. The van der Waals surface area contributed by atoms with Gasteiger partial charge in [-0.15, -0.1) is 0 Å². The molecule has 0 bridgehead atoms. The van der Waals surface area contributed by atoms with Crippen LogP contribution in [-0.4, -0.2) is 50.1 Å². The molecule has 6 heteroatoms. The van der Waals surface area contributed by atoms with Crippen molar-refractivity contribution in [3.8, 4) is 0 Å². The van der Waals surface area contributed by atoms with E-state index in [9.17, 15) is 9.59 Å². The summed E-state index contributed by atoms with van der Waals surface area (Å²) in [4.78, 5) is 27.6. The molecular formula is C18H26N4O2. The lowest BCUT2D eigenvalue weighted by Crippen LogP contribution is -2.47. The highest BCUT2D eigenvalue weighted by atomic mass is 16.2. The summed E-state index contributed by atoms with van der Waals surface area (Å²) in [5, 5.41) is 3.07. The number of nitrogens with two attached hydrogens (primary N) is 1. The number of likely N-dealkylation sites (tertiary alicyclic amines) is 1. The molecule has 2 aliphatic heterocycles. The number of urea groups is 1. The molecule has 1 fully saturated rings. The Hall–Kier alpha value is -2.24. The van der Waals surface area contributed by atoms with Gasteiger partial charge in [-0.05, 0) is 30.9 Å². The van der Waals surface area contributed by atoms with Crippen LogP contribution in [0.5, 0.6) is 0 Å². The lowest BCUT2D eigenvalue weighted by molar-refractivity contribution is -0.123. The molecule has 1 unspecified atom stereocenters. The Morgan fingerprint density at radius 2 is 1.88 bits per heavy atom. The van der Waals surface area contributed by atoms with Gasteiger partial charge in [0.2, 0.25) is 5.91 Å². The zero-order chi connectivity index (χ0) is 17.1. The third-order valence-corrected chi connectivity index (χ3v) is 5.29. The SMILES string of the molecule is CN1CCC(CNC(=O)N2CCC(C(N)=O)CC2)c2ccccc21.